The Kier molecular flexibility index (Phi) is 6.74. The van der Waals surface area contributed by atoms with Crippen molar-refractivity contribution in [2.45, 2.75) is 92.1 Å². The van der Waals surface area contributed by atoms with Gasteiger partial charge in [0, 0.05) is 5.56 Å². The normalized spacial score (nSPS) is 18.2. The summed E-state index contributed by atoms with van der Waals surface area (Å²) in [6, 6.07) is 12.2. The topological polar surface area (TPSA) is 85.5 Å². The second kappa shape index (κ2) is 9.17. The molecule has 2 heterocycles. The lowest BCUT2D eigenvalue weighted by Crippen LogP contribution is -2.41. The number of hydrogen-bond acceptors (Lipinski definition) is 5. The van der Waals surface area contributed by atoms with E-state index < -0.39 is 18.8 Å². The number of aromatic nitrogens is 2. The first-order valence-corrected chi connectivity index (χ1v) is 12.9. The summed E-state index contributed by atoms with van der Waals surface area (Å²) in [5, 5.41) is 5.20. The Hall–Kier alpha value is -2.84. The fourth-order valence-corrected chi connectivity index (χ4v) is 4.31. The van der Waals surface area contributed by atoms with Crippen molar-refractivity contribution in [2.75, 3.05) is 0 Å². The molecule has 4 rings (SSSR count). The smallest absolute Gasteiger partial charge is 0.444 e. The zero-order valence-corrected chi connectivity index (χ0v) is 23.8. The molecule has 0 aliphatic carbocycles. The van der Waals surface area contributed by atoms with Gasteiger partial charge in [0.2, 0.25) is 0 Å². The fraction of sp³-hybridized carbons (Fsp3) is 0.517. The summed E-state index contributed by atoms with van der Waals surface area (Å²) in [5.74, 6) is 0.685. The van der Waals surface area contributed by atoms with Gasteiger partial charge < -0.3 is 24.3 Å². The van der Waals surface area contributed by atoms with Crippen LogP contribution in [-0.2, 0) is 14.0 Å². The predicted octanol–water partition coefficient (Wildman–Crippen LogP) is 6.14. The Balaban J connectivity index is 1.57. The highest BCUT2D eigenvalue weighted by Gasteiger charge is 2.51. The Morgan fingerprint density at radius 3 is 2.16 bits per heavy atom. The molecule has 1 fully saturated rings. The maximum Gasteiger partial charge on any atom is 0.494 e. The van der Waals surface area contributed by atoms with Crippen molar-refractivity contribution >= 4 is 29.4 Å². The largest absolute Gasteiger partial charge is 0.494 e. The highest BCUT2D eigenvalue weighted by molar-refractivity contribution is 6.62. The lowest BCUT2D eigenvalue weighted by molar-refractivity contribution is 0.00578. The zero-order chi connectivity index (χ0) is 27.4. The molecule has 0 radical (unpaired) electrons. The van der Waals surface area contributed by atoms with Gasteiger partial charge in [-0.05, 0) is 76.2 Å². The fourth-order valence-electron chi connectivity index (χ4n) is 4.31. The summed E-state index contributed by atoms with van der Waals surface area (Å²) in [6.07, 6.45) is 1.35. The Morgan fingerprint density at radius 1 is 0.973 bits per heavy atom. The van der Waals surface area contributed by atoms with E-state index in [1.807, 2.05) is 27.0 Å². The van der Waals surface area contributed by atoms with E-state index in [0.717, 1.165) is 27.5 Å². The molecule has 1 amide bonds. The third-order valence-electron chi connectivity index (χ3n) is 7.10. The van der Waals surface area contributed by atoms with Crippen LogP contribution in [0.3, 0.4) is 0 Å². The average molecular weight is 505 g/mol. The van der Waals surface area contributed by atoms with E-state index in [0.29, 0.717) is 5.82 Å². The van der Waals surface area contributed by atoms with E-state index in [1.54, 1.807) is 0 Å². The summed E-state index contributed by atoms with van der Waals surface area (Å²) in [4.78, 5) is 20.6. The van der Waals surface area contributed by atoms with Crippen molar-refractivity contribution < 1.29 is 18.8 Å². The number of nitrogens with one attached hydrogen (secondary N) is 2. The minimum absolute atomic E-state index is 0.278. The molecule has 1 aliphatic heterocycles. The Morgan fingerprint density at radius 2 is 1.57 bits per heavy atom. The number of H-pyrrole nitrogens is 1. The van der Waals surface area contributed by atoms with Gasteiger partial charge in [-0.3, -0.25) is 0 Å². The van der Waals surface area contributed by atoms with Crippen LogP contribution in [0, 0.1) is 5.41 Å². The summed E-state index contributed by atoms with van der Waals surface area (Å²) < 4.78 is 17.9. The van der Waals surface area contributed by atoms with E-state index in [9.17, 15) is 4.79 Å². The van der Waals surface area contributed by atoms with Gasteiger partial charge in [-0.15, -0.1) is 0 Å². The molecule has 2 N–H and O–H groups in total. The molecule has 1 atom stereocenters. The van der Waals surface area contributed by atoms with Gasteiger partial charge in [0.1, 0.15) is 11.4 Å². The summed E-state index contributed by atoms with van der Waals surface area (Å²) in [6.45, 7) is 20.0. The van der Waals surface area contributed by atoms with Gasteiger partial charge in [0.05, 0.1) is 29.1 Å². The van der Waals surface area contributed by atoms with Crippen molar-refractivity contribution in [2.24, 2.45) is 5.41 Å². The number of carbonyl (C=O) groups excluding carboxylic acids is 1. The van der Waals surface area contributed by atoms with Crippen molar-refractivity contribution in [1.29, 1.82) is 0 Å². The number of imidazole rings is 1. The standard InChI is InChI=1S/C29H40BN3O4/c1-26(2,3)23(33-25(34)35-27(4,5)6)24-31-17-22(32-24)20-12-11-19-16-21(14-13-18(19)15-20)30-36-28(7,8)29(9,10)37-30/h11-17,23H,1-10H3,(H,31,32)(H,33,34). The first kappa shape index (κ1) is 27.2. The van der Waals surface area contributed by atoms with E-state index in [-0.39, 0.29) is 22.7 Å². The summed E-state index contributed by atoms with van der Waals surface area (Å²) >= 11 is 0. The van der Waals surface area contributed by atoms with E-state index in [2.05, 4.69) is 100 Å². The molecule has 0 bridgehead atoms. The highest BCUT2D eigenvalue weighted by Crippen LogP contribution is 2.37. The molecule has 198 valence electrons. The lowest BCUT2D eigenvalue weighted by atomic mass is 9.78. The average Bonchev–Trinajstić information content (AvgIpc) is 3.31. The van der Waals surface area contributed by atoms with E-state index in [1.165, 1.54) is 0 Å². The number of ether oxygens (including phenoxy) is 1. The van der Waals surface area contributed by atoms with Crippen LogP contribution in [0.5, 0.6) is 0 Å². The van der Waals surface area contributed by atoms with Gasteiger partial charge in [-0.25, -0.2) is 9.78 Å². The van der Waals surface area contributed by atoms with Gasteiger partial charge >= 0.3 is 13.2 Å². The van der Waals surface area contributed by atoms with E-state index in [4.69, 9.17) is 14.0 Å². The molecular formula is C29H40BN3O4. The van der Waals surface area contributed by atoms with Crippen molar-refractivity contribution in [1.82, 2.24) is 15.3 Å². The first-order chi connectivity index (χ1) is 17.0. The van der Waals surface area contributed by atoms with Crippen LogP contribution < -0.4 is 10.8 Å². The van der Waals surface area contributed by atoms with Crippen LogP contribution in [0.15, 0.2) is 42.6 Å². The Labute approximate surface area is 220 Å². The second-order valence-electron chi connectivity index (χ2n) is 13.0. The lowest BCUT2D eigenvalue weighted by Gasteiger charge is -2.32. The number of alkyl carbamates (subject to hydrolysis) is 1. The van der Waals surface area contributed by atoms with Crippen LogP contribution in [0.2, 0.25) is 0 Å². The number of fused-ring (bicyclic) bond motifs is 1. The van der Waals surface area contributed by atoms with Crippen molar-refractivity contribution in [3.63, 3.8) is 0 Å². The predicted molar refractivity (Wildman–Crippen MR) is 149 cm³/mol. The monoisotopic (exact) mass is 505 g/mol. The quantitative estimate of drug-likeness (QED) is 0.416. The zero-order valence-electron chi connectivity index (χ0n) is 23.8. The molecule has 1 aliphatic rings. The third-order valence-corrected chi connectivity index (χ3v) is 7.10. The van der Waals surface area contributed by atoms with Crippen LogP contribution in [-0.4, -0.2) is 40.0 Å². The highest BCUT2D eigenvalue weighted by atomic mass is 16.7. The van der Waals surface area contributed by atoms with Gasteiger partial charge in [0.25, 0.3) is 0 Å². The van der Waals surface area contributed by atoms with Crippen molar-refractivity contribution in [3.05, 3.63) is 48.4 Å². The number of hydrogen-bond donors (Lipinski definition) is 2. The van der Waals surface area contributed by atoms with Gasteiger partial charge in [-0.1, -0.05) is 51.1 Å². The molecule has 1 saturated heterocycles. The number of rotatable bonds is 4. The third kappa shape index (κ3) is 5.86. The first-order valence-electron chi connectivity index (χ1n) is 12.9. The Bertz CT molecular complexity index is 1280. The SMILES string of the molecule is CC(C)(C)OC(=O)NC(c1ncc(-c2ccc3cc(B4OC(C)(C)C(C)(C)O4)ccc3c2)[nH]1)C(C)(C)C. The summed E-state index contributed by atoms with van der Waals surface area (Å²) in [5.41, 5.74) is 1.29. The molecule has 2 aromatic carbocycles. The van der Waals surface area contributed by atoms with Gasteiger partial charge in [0.15, 0.2) is 0 Å². The maximum atomic E-state index is 12.5. The minimum Gasteiger partial charge on any atom is -0.444 e. The number of amides is 1. The van der Waals surface area contributed by atoms with Gasteiger partial charge in [-0.2, -0.15) is 0 Å². The molecule has 7 nitrogen and oxygen atoms in total. The number of carbonyl (C=O) groups is 1. The molecule has 37 heavy (non-hydrogen) atoms. The number of aromatic amines is 1. The summed E-state index contributed by atoms with van der Waals surface area (Å²) in [7, 11) is -0.393. The number of benzene rings is 2. The maximum absolute atomic E-state index is 12.5. The molecule has 8 heteroatoms. The van der Waals surface area contributed by atoms with Crippen LogP contribution in [0.25, 0.3) is 22.0 Å². The molecule has 0 saturated carbocycles. The molecule has 0 spiro atoms. The van der Waals surface area contributed by atoms with E-state index >= 15 is 0 Å². The van der Waals surface area contributed by atoms with Crippen LogP contribution >= 0.6 is 0 Å². The van der Waals surface area contributed by atoms with Crippen LogP contribution in [0.4, 0.5) is 4.79 Å². The molecular weight excluding hydrogens is 465 g/mol. The van der Waals surface area contributed by atoms with Crippen LogP contribution in [0.1, 0.15) is 81.1 Å². The molecule has 1 aromatic heterocycles. The van der Waals surface area contributed by atoms with Crippen molar-refractivity contribution in [3.8, 4) is 11.3 Å². The minimum atomic E-state index is -0.575. The molecule has 3 aromatic rings. The molecule has 1 unspecified atom stereocenters. The second-order valence-corrected chi connectivity index (χ2v) is 13.0. The number of nitrogens with zero attached hydrogens (tertiary/aromatic N) is 1.